The molecule has 9 nitrogen and oxygen atoms in total. The molecule has 0 bridgehead atoms. The molecule has 0 unspecified atom stereocenters. The fourth-order valence-corrected chi connectivity index (χ4v) is 4.62. The van der Waals surface area contributed by atoms with Gasteiger partial charge in [0.1, 0.15) is 17.3 Å². The second-order valence-corrected chi connectivity index (χ2v) is 9.99. The monoisotopic (exact) mass is 538 g/mol. The number of methoxy groups -OCH3 is 1. The maximum atomic E-state index is 5.68. The number of benzene rings is 2. The van der Waals surface area contributed by atoms with Crippen molar-refractivity contribution >= 4 is 11.0 Å². The lowest BCUT2D eigenvalue weighted by Crippen LogP contribution is -2.20. The van der Waals surface area contributed by atoms with E-state index in [1.165, 1.54) is 6.42 Å². The van der Waals surface area contributed by atoms with Crippen molar-refractivity contribution in [3.63, 3.8) is 0 Å². The van der Waals surface area contributed by atoms with E-state index in [0.717, 1.165) is 83.2 Å². The van der Waals surface area contributed by atoms with Crippen molar-refractivity contribution in [2.75, 3.05) is 20.2 Å². The van der Waals surface area contributed by atoms with Gasteiger partial charge < -0.3 is 25.3 Å². The number of aromatic nitrogens is 6. The van der Waals surface area contributed by atoms with Gasteiger partial charge in [-0.15, -0.1) is 0 Å². The standard InChI is InChI=1S/C31H38N8O/c1-5-7-15-33-20(3)30-35-18-27(38-30)23-12-13-24-25(16-23)39-31(40-4)29(37-24)22-10-8-21(9-11-22)26-17-34-28(36-26)19-32-14-6-2/h8-13,16-18,20,32-33H,5-7,14-15,19H2,1-4H3,(H,34,36)(H,35,38)/t20-/m0/s1. The van der Waals surface area contributed by atoms with E-state index in [1.807, 2.05) is 42.7 Å². The Morgan fingerprint density at radius 3 is 2.35 bits per heavy atom. The Kier molecular flexibility index (Phi) is 8.83. The van der Waals surface area contributed by atoms with Gasteiger partial charge in [0.25, 0.3) is 0 Å². The summed E-state index contributed by atoms with van der Waals surface area (Å²) in [7, 11) is 1.63. The van der Waals surface area contributed by atoms with Gasteiger partial charge in [0.05, 0.1) is 54.5 Å². The van der Waals surface area contributed by atoms with Crippen molar-refractivity contribution in [2.24, 2.45) is 0 Å². The van der Waals surface area contributed by atoms with Gasteiger partial charge >= 0.3 is 0 Å². The molecule has 1 atom stereocenters. The van der Waals surface area contributed by atoms with Gasteiger partial charge in [0.2, 0.25) is 5.88 Å². The van der Waals surface area contributed by atoms with Crippen LogP contribution in [0, 0.1) is 0 Å². The third-order valence-electron chi connectivity index (χ3n) is 6.94. The van der Waals surface area contributed by atoms with Gasteiger partial charge in [0.15, 0.2) is 0 Å². The Morgan fingerprint density at radius 2 is 1.57 bits per heavy atom. The smallest absolute Gasteiger partial charge is 0.240 e. The minimum atomic E-state index is 0.160. The molecule has 0 spiro atoms. The largest absolute Gasteiger partial charge is 0.479 e. The van der Waals surface area contributed by atoms with E-state index < -0.39 is 0 Å². The number of nitrogens with one attached hydrogen (secondary N) is 4. The van der Waals surface area contributed by atoms with Crippen molar-refractivity contribution in [1.82, 2.24) is 40.5 Å². The summed E-state index contributed by atoms with van der Waals surface area (Å²) in [5, 5.41) is 6.88. The van der Waals surface area contributed by atoms with E-state index in [-0.39, 0.29) is 6.04 Å². The molecule has 4 N–H and O–H groups in total. The second kappa shape index (κ2) is 12.8. The summed E-state index contributed by atoms with van der Waals surface area (Å²) in [5.41, 5.74) is 7.21. The highest BCUT2D eigenvalue weighted by atomic mass is 16.5. The van der Waals surface area contributed by atoms with Crippen LogP contribution in [-0.4, -0.2) is 50.1 Å². The zero-order valence-corrected chi connectivity index (χ0v) is 23.7. The number of ether oxygens (including phenoxy) is 1. The Hall–Kier alpha value is -4.08. The summed E-state index contributed by atoms with van der Waals surface area (Å²) in [5.74, 6) is 2.34. The van der Waals surface area contributed by atoms with Crippen LogP contribution in [0.5, 0.6) is 5.88 Å². The molecule has 5 aromatic rings. The van der Waals surface area contributed by atoms with Crippen LogP contribution in [0.3, 0.4) is 0 Å². The molecular formula is C31H38N8O. The lowest BCUT2D eigenvalue weighted by molar-refractivity contribution is 0.400. The molecule has 0 aliphatic rings. The van der Waals surface area contributed by atoms with Gasteiger partial charge in [-0.25, -0.2) is 19.9 Å². The van der Waals surface area contributed by atoms with E-state index in [4.69, 9.17) is 14.7 Å². The Morgan fingerprint density at radius 1 is 0.825 bits per heavy atom. The molecule has 3 heterocycles. The van der Waals surface area contributed by atoms with Crippen molar-refractivity contribution < 1.29 is 4.74 Å². The quantitative estimate of drug-likeness (QED) is 0.135. The SMILES string of the molecule is CCCCN[C@@H](C)c1ncc(-c2ccc3nc(-c4ccc(-c5cnc(CNCCC)[nH]5)cc4)c(OC)nc3c2)[nH]1. The van der Waals surface area contributed by atoms with Crippen LogP contribution >= 0.6 is 0 Å². The first-order chi connectivity index (χ1) is 19.6. The molecular weight excluding hydrogens is 500 g/mol. The fraction of sp³-hybridized carbons (Fsp3) is 0.355. The number of fused-ring (bicyclic) bond motifs is 1. The Labute approximate surface area is 235 Å². The molecule has 0 amide bonds. The van der Waals surface area contributed by atoms with Crippen LogP contribution in [0.1, 0.15) is 57.7 Å². The average Bonchev–Trinajstić information content (AvgIpc) is 3.67. The normalized spacial score (nSPS) is 12.2. The van der Waals surface area contributed by atoms with Gasteiger partial charge in [-0.2, -0.15) is 0 Å². The lowest BCUT2D eigenvalue weighted by atomic mass is 10.1. The number of H-pyrrole nitrogens is 2. The predicted molar refractivity (Wildman–Crippen MR) is 160 cm³/mol. The lowest BCUT2D eigenvalue weighted by Gasteiger charge is -2.11. The van der Waals surface area contributed by atoms with E-state index >= 15 is 0 Å². The zero-order valence-electron chi connectivity index (χ0n) is 23.7. The molecule has 0 radical (unpaired) electrons. The number of aromatic amines is 2. The van der Waals surface area contributed by atoms with E-state index in [1.54, 1.807) is 7.11 Å². The zero-order chi connectivity index (χ0) is 27.9. The van der Waals surface area contributed by atoms with Crippen molar-refractivity contribution in [3.8, 4) is 39.7 Å². The van der Waals surface area contributed by atoms with Crippen LogP contribution in [0.2, 0.25) is 0 Å². The maximum Gasteiger partial charge on any atom is 0.240 e. The van der Waals surface area contributed by atoms with Crippen molar-refractivity contribution in [1.29, 1.82) is 0 Å². The number of unbranched alkanes of at least 4 members (excludes halogenated alkanes) is 1. The first-order valence-corrected chi connectivity index (χ1v) is 14.1. The first-order valence-electron chi connectivity index (χ1n) is 14.1. The topological polar surface area (TPSA) is 116 Å². The van der Waals surface area contributed by atoms with Crippen molar-refractivity contribution in [2.45, 2.75) is 52.6 Å². The molecule has 0 fully saturated rings. The average molecular weight is 539 g/mol. The number of hydrogen-bond donors (Lipinski definition) is 4. The Bertz CT molecular complexity index is 1540. The second-order valence-electron chi connectivity index (χ2n) is 9.99. The fourth-order valence-electron chi connectivity index (χ4n) is 4.62. The van der Waals surface area contributed by atoms with E-state index in [0.29, 0.717) is 11.6 Å². The number of hydrogen-bond acceptors (Lipinski definition) is 7. The highest BCUT2D eigenvalue weighted by Crippen LogP contribution is 2.32. The van der Waals surface area contributed by atoms with Crippen LogP contribution in [0.4, 0.5) is 0 Å². The summed E-state index contributed by atoms with van der Waals surface area (Å²) < 4.78 is 5.68. The summed E-state index contributed by atoms with van der Waals surface area (Å²) in [6.07, 6.45) is 7.16. The van der Waals surface area contributed by atoms with Crippen molar-refractivity contribution in [3.05, 3.63) is 66.5 Å². The number of nitrogens with zero attached hydrogens (tertiary/aromatic N) is 4. The summed E-state index contributed by atoms with van der Waals surface area (Å²) in [6.45, 7) is 9.15. The molecule has 0 aliphatic carbocycles. The van der Waals surface area contributed by atoms with Gasteiger partial charge in [-0.3, -0.25) is 0 Å². The number of imidazole rings is 2. The molecule has 2 aromatic carbocycles. The molecule has 0 saturated heterocycles. The van der Waals surface area contributed by atoms with E-state index in [9.17, 15) is 0 Å². The molecule has 5 rings (SSSR count). The van der Waals surface area contributed by atoms with E-state index in [2.05, 4.69) is 63.5 Å². The minimum Gasteiger partial charge on any atom is -0.479 e. The predicted octanol–water partition coefficient (Wildman–Crippen LogP) is 6.04. The molecule has 0 saturated carbocycles. The molecule has 208 valence electrons. The first kappa shape index (κ1) is 27.5. The summed E-state index contributed by atoms with van der Waals surface area (Å²) >= 11 is 0. The summed E-state index contributed by atoms with van der Waals surface area (Å²) in [4.78, 5) is 25.7. The van der Waals surface area contributed by atoms with Crippen LogP contribution in [0.15, 0.2) is 54.9 Å². The highest BCUT2D eigenvalue weighted by molar-refractivity contribution is 5.84. The van der Waals surface area contributed by atoms with Crippen LogP contribution < -0.4 is 15.4 Å². The molecule has 3 aromatic heterocycles. The molecule has 40 heavy (non-hydrogen) atoms. The third-order valence-corrected chi connectivity index (χ3v) is 6.94. The maximum absolute atomic E-state index is 5.68. The molecule has 0 aliphatic heterocycles. The highest BCUT2D eigenvalue weighted by Gasteiger charge is 2.15. The van der Waals surface area contributed by atoms with Gasteiger partial charge in [-0.05, 0) is 50.6 Å². The summed E-state index contributed by atoms with van der Waals surface area (Å²) in [6, 6.07) is 14.4. The number of rotatable bonds is 13. The molecule has 9 heteroatoms. The Balaban J connectivity index is 1.35. The van der Waals surface area contributed by atoms with Gasteiger partial charge in [0, 0.05) is 11.1 Å². The van der Waals surface area contributed by atoms with Gasteiger partial charge in [-0.1, -0.05) is 50.6 Å². The third kappa shape index (κ3) is 6.21. The minimum absolute atomic E-state index is 0.160. The van der Waals surface area contributed by atoms with Crippen LogP contribution in [0.25, 0.3) is 44.8 Å². The van der Waals surface area contributed by atoms with Crippen LogP contribution in [-0.2, 0) is 6.54 Å².